The molecule has 1 aliphatic rings. The molecule has 0 radical (unpaired) electrons. The van der Waals surface area contributed by atoms with Crippen LogP contribution < -0.4 is 0 Å². The van der Waals surface area contributed by atoms with E-state index in [0.717, 1.165) is 0 Å². The number of carbonyl (C=O) groups is 1. The van der Waals surface area contributed by atoms with Crippen molar-refractivity contribution >= 4 is 23.5 Å². The van der Waals surface area contributed by atoms with E-state index in [1.54, 1.807) is 24.3 Å². The van der Waals surface area contributed by atoms with E-state index in [0.29, 0.717) is 16.5 Å². The zero-order chi connectivity index (χ0) is 10.8. The monoisotopic (exact) mass is 225 g/mol. The van der Waals surface area contributed by atoms with E-state index in [2.05, 4.69) is 4.99 Å². The first kappa shape index (κ1) is 9.98. The van der Waals surface area contributed by atoms with Crippen molar-refractivity contribution < 1.29 is 14.6 Å². The van der Waals surface area contributed by atoms with Crippen molar-refractivity contribution in [3.05, 3.63) is 34.9 Å². The first-order chi connectivity index (χ1) is 7.18. The Labute approximate surface area is 91.2 Å². The highest BCUT2D eigenvalue weighted by atomic mass is 35.5. The lowest BCUT2D eigenvalue weighted by Gasteiger charge is -2.02. The van der Waals surface area contributed by atoms with Gasteiger partial charge in [-0.15, -0.1) is 0 Å². The maximum atomic E-state index is 10.6. The molecule has 0 spiro atoms. The van der Waals surface area contributed by atoms with Gasteiger partial charge in [0.25, 0.3) is 0 Å². The SMILES string of the molecule is O=C(O)C1COC(c2ccccc2Cl)=N1. The van der Waals surface area contributed by atoms with Crippen LogP contribution in [0, 0.1) is 0 Å². The number of halogens is 1. The molecule has 0 saturated heterocycles. The lowest BCUT2D eigenvalue weighted by atomic mass is 10.2. The van der Waals surface area contributed by atoms with Crippen LogP contribution in [0.25, 0.3) is 0 Å². The molecule has 15 heavy (non-hydrogen) atoms. The van der Waals surface area contributed by atoms with Crippen LogP contribution in [-0.2, 0) is 9.53 Å². The molecule has 0 bridgehead atoms. The average Bonchev–Trinajstić information content (AvgIpc) is 2.67. The summed E-state index contributed by atoms with van der Waals surface area (Å²) >= 11 is 5.92. The second-order valence-electron chi connectivity index (χ2n) is 3.08. The van der Waals surface area contributed by atoms with E-state index < -0.39 is 12.0 Å². The molecule has 1 aliphatic heterocycles. The van der Waals surface area contributed by atoms with Crippen LogP contribution >= 0.6 is 11.6 Å². The maximum absolute atomic E-state index is 10.6. The molecule has 0 aliphatic carbocycles. The summed E-state index contributed by atoms with van der Waals surface area (Å²) in [4.78, 5) is 14.6. The number of hydrogen-bond donors (Lipinski definition) is 1. The van der Waals surface area contributed by atoms with Crippen LogP contribution in [0.2, 0.25) is 5.02 Å². The first-order valence-corrected chi connectivity index (χ1v) is 4.74. The van der Waals surface area contributed by atoms with E-state index in [4.69, 9.17) is 21.4 Å². The number of nitrogens with zero attached hydrogens (tertiary/aromatic N) is 1. The lowest BCUT2D eigenvalue weighted by Crippen LogP contribution is -2.18. The molecular formula is C10H8ClNO3. The lowest BCUT2D eigenvalue weighted by molar-refractivity contribution is -0.138. The summed E-state index contributed by atoms with van der Waals surface area (Å²) in [6, 6.07) is 6.20. The molecule has 1 atom stereocenters. The number of benzene rings is 1. The van der Waals surface area contributed by atoms with Gasteiger partial charge in [-0.2, -0.15) is 0 Å². The minimum atomic E-state index is -0.989. The van der Waals surface area contributed by atoms with Gasteiger partial charge < -0.3 is 9.84 Å². The van der Waals surface area contributed by atoms with Crippen molar-refractivity contribution in [2.45, 2.75) is 6.04 Å². The van der Waals surface area contributed by atoms with Crippen molar-refractivity contribution in [3.63, 3.8) is 0 Å². The zero-order valence-corrected chi connectivity index (χ0v) is 8.44. The third kappa shape index (κ3) is 1.94. The fourth-order valence-corrected chi connectivity index (χ4v) is 1.50. The average molecular weight is 226 g/mol. The number of hydrogen-bond acceptors (Lipinski definition) is 3. The molecule has 5 heteroatoms. The molecule has 4 nitrogen and oxygen atoms in total. The van der Waals surface area contributed by atoms with Crippen LogP contribution in [0.1, 0.15) is 5.56 Å². The molecule has 1 aromatic rings. The van der Waals surface area contributed by atoms with Crippen LogP contribution in [0.15, 0.2) is 29.3 Å². The van der Waals surface area contributed by atoms with E-state index in [1.807, 2.05) is 0 Å². The highest BCUT2D eigenvalue weighted by molar-refractivity contribution is 6.33. The van der Waals surface area contributed by atoms with Gasteiger partial charge in [0.1, 0.15) is 6.61 Å². The largest absolute Gasteiger partial charge is 0.480 e. The minimum Gasteiger partial charge on any atom is -0.480 e. The van der Waals surface area contributed by atoms with Crippen molar-refractivity contribution in [2.24, 2.45) is 4.99 Å². The Kier molecular flexibility index (Phi) is 2.60. The summed E-state index contributed by atoms with van der Waals surface area (Å²) < 4.78 is 5.18. The number of aliphatic carboxylic acids is 1. The molecule has 1 heterocycles. The molecule has 0 aromatic heterocycles. The molecule has 78 valence electrons. The van der Waals surface area contributed by atoms with Gasteiger partial charge in [0.2, 0.25) is 5.90 Å². The quantitative estimate of drug-likeness (QED) is 0.831. The van der Waals surface area contributed by atoms with Gasteiger partial charge >= 0.3 is 5.97 Å². The zero-order valence-electron chi connectivity index (χ0n) is 7.68. The van der Waals surface area contributed by atoms with Gasteiger partial charge in [0, 0.05) is 0 Å². The Hall–Kier alpha value is -1.55. The normalized spacial score (nSPS) is 19.5. The summed E-state index contributed by atoms with van der Waals surface area (Å²) in [6.45, 7) is 0.0654. The summed E-state index contributed by atoms with van der Waals surface area (Å²) in [7, 11) is 0. The van der Waals surface area contributed by atoms with Gasteiger partial charge in [-0.05, 0) is 12.1 Å². The van der Waals surface area contributed by atoms with Crippen molar-refractivity contribution in [2.75, 3.05) is 6.61 Å². The second-order valence-corrected chi connectivity index (χ2v) is 3.49. The molecule has 0 saturated carbocycles. The fraction of sp³-hybridized carbons (Fsp3) is 0.200. The number of carboxylic acids is 1. The Balaban J connectivity index is 2.30. The van der Waals surface area contributed by atoms with Crippen LogP contribution in [0.4, 0.5) is 0 Å². The third-order valence-electron chi connectivity index (χ3n) is 2.04. The molecular weight excluding hydrogens is 218 g/mol. The predicted molar refractivity (Wildman–Crippen MR) is 55.4 cm³/mol. The van der Waals surface area contributed by atoms with Crippen molar-refractivity contribution in [1.29, 1.82) is 0 Å². The van der Waals surface area contributed by atoms with Gasteiger partial charge in [0.15, 0.2) is 6.04 Å². The van der Waals surface area contributed by atoms with Gasteiger partial charge in [-0.3, -0.25) is 0 Å². The smallest absolute Gasteiger partial charge is 0.332 e. The molecule has 1 aromatic carbocycles. The Bertz CT molecular complexity index is 430. The summed E-state index contributed by atoms with van der Waals surface area (Å²) in [5, 5.41) is 9.23. The summed E-state index contributed by atoms with van der Waals surface area (Å²) in [6.07, 6.45) is 0. The topological polar surface area (TPSA) is 58.9 Å². The van der Waals surface area contributed by atoms with E-state index in [9.17, 15) is 4.79 Å². The first-order valence-electron chi connectivity index (χ1n) is 4.37. The minimum absolute atomic E-state index is 0.0654. The fourth-order valence-electron chi connectivity index (χ4n) is 1.28. The van der Waals surface area contributed by atoms with E-state index >= 15 is 0 Å². The summed E-state index contributed by atoms with van der Waals surface area (Å²) in [5.41, 5.74) is 0.628. The van der Waals surface area contributed by atoms with Gasteiger partial charge in [-0.1, -0.05) is 23.7 Å². The maximum Gasteiger partial charge on any atom is 0.332 e. The number of aliphatic imine (C=N–C) groups is 1. The number of rotatable bonds is 2. The number of ether oxygens (including phenoxy) is 1. The summed E-state index contributed by atoms with van der Waals surface area (Å²) in [5.74, 6) is -0.690. The van der Waals surface area contributed by atoms with Crippen molar-refractivity contribution in [3.8, 4) is 0 Å². The van der Waals surface area contributed by atoms with Crippen LogP contribution in [0.5, 0.6) is 0 Å². The second kappa shape index (κ2) is 3.90. The molecule has 0 fully saturated rings. The molecule has 2 rings (SSSR count). The predicted octanol–water partition coefficient (Wildman–Crippen LogP) is 1.57. The third-order valence-corrected chi connectivity index (χ3v) is 2.37. The molecule has 1 unspecified atom stereocenters. The molecule has 1 N–H and O–H groups in total. The highest BCUT2D eigenvalue weighted by Gasteiger charge is 2.26. The van der Waals surface area contributed by atoms with E-state index in [1.165, 1.54) is 0 Å². The van der Waals surface area contributed by atoms with Gasteiger partial charge in [0.05, 0.1) is 10.6 Å². The van der Waals surface area contributed by atoms with Crippen LogP contribution in [0.3, 0.4) is 0 Å². The molecule has 0 amide bonds. The van der Waals surface area contributed by atoms with E-state index in [-0.39, 0.29) is 6.61 Å². The Morgan fingerprint density at radius 1 is 1.53 bits per heavy atom. The standard InChI is InChI=1S/C10H8ClNO3/c11-7-4-2-1-3-6(7)9-12-8(5-15-9)10(13)14/h1-4,8H,5H2,(H,13,14). The van der Waals surface area contributed by atoms with Gasteiger partial charge in [-0.25, -0.2) is 9.79 Å². The number of carboxylic acid groups (broad SMARTS) is 1. The Morgan fingerprint density at radius 3 is 2.87 bits per heavy atom. The Morgan fingerprint density at radius 2 is 2.27 bits per heavy atom. The van der Waals surface area contributed by atoms with Crippen molar-refractivity contribution in [1.82, 2.24) is 0 Å². The highest BCUT2D eigenvalue weighted by Crippen LogP contribution is 2.20. The van der Waals surface area contributed by atoms with Crippen LogP contribution in [-0.4, -0.2) is 29.6 Å².